The van der Waals surface area contributed by atoms with E-state index in [4.69, 9.17) is 32.9 Å². The van der Waals surface area contributed by atoms with E-state index >= 15 is 0 Å². The molecule has 0 spiro atoms. The lowest BCUT2D eigenvalue weighted by molar-refractivity contribution is -0.128. The third-order valence-electron chi connectivity index (χ3n) is 8.22. The Hall–Kier alpha value is -2.68. The predicted octanol–water partition coefficient (Wildman–Crippen LogP) is 8.09. The second kappa shape index (κ2) is 12.0. The van der Waals surface area contributed by atoms with Crippen LogP contribution in [0, 0.1) is 5.92 Å². The van der Waals surface area contributed by atoms with Gasteiger partial charge < -0.3 is 19.4 Å². The van der Waals surface area contributed by atoms with Crippen molar-refractivity contribution in [2.24, 2.45) is 10.9 Å². The van der Waals surface area contributed by atoms with Crippen LogP contribution in [-0.2, 0) is 15.1 Å². The van der Waals surface area contributed by atoms with Crippen LogP contribution in [0.25, 0.3) is 0 Å². The molecule has 10 heteroatoms. The summed E-state index contributed by atoms with van der Waals surface area (Å²) in [5.41, 5.74) is 1.87. The summed E-state index contributed by atoms with van der Waals surface area (Å²) in [6, 6.07) is 15.5. The SMILES string of the molecule is CCN(C(=O)C1=C(C(C)C)N2C(=N[C@@](C)(c3ccc(Cl)cc3)[C@H]2c2ccc(Cl)cc2)S1)[C@@H]1CCN(C(=O)OC(C)(C)C)C1. The molecule has 230 valence electrons. The number of ether oxygens (including phenoxy) is 1. The molecule has 0 saturated carbocycles. The maximum Gasteiger partial charge on any atom is 0.410 e. The molecule has 0 radical (unpaired) electrons. The molecule has 1 fully saturated rings. The number of fused-ring (bicyclic) bond motifs is 1. The van der Waals surface area contributed by atoms with Crippen molar-refractivity contribution in [1.82, 2.24) is 14.7 Å². The number of carbonyl (C=O) groups is 2. The Kier molecular flexibility index (Phi) is 8.87. The summed E-state index contributed by atoms with van der Waals surface area (Å²) in [7, 11) is 0. The first kappa shape index (κ1) is 31.7. The number of rotatable bonds is 6. The van der Waals surface area contributed by atoms with E-state index in [1.165, 1.54) is 11.8 Å². The van der Waals surface area contributed by atoms with Crippen molar-refractivity contribution in [2.45, 2.75) is 78.1 Å². The molecule has 0 bridgehead atoms. The molecule has 2 aromatic rings. The zero-order chi connectivity index (χ0) is 31.3. The standard InChI is InChI=1S/C33H40Cl2N4O3S/c1-8-38(25-17-18-37(19-25)31(41)42-32(4,5)6)29(40)27-26(20(2)3)39-28(21-9-13-23(34)14-10-21)33(7,36-30(39)43-27)22-11-15-24(35)16-12-22/h9-16,20,25,28H,8,17-19H2,1-7H3/t25-,28-,33+/m1/s1. The van der Waals surface area contributed by atoms with Gasteiger partial charge in [-0.2, -0.15) is 0 Å². The van der Waals surface area contributed by atoms with Gasteiger partial charge in [0.05, 0.1) is 12.1 Å². The highest BCUT2D eigenvalue weighted by molar-refractivity contribution is 8.18. The number of aliphatic imine (C=N–C) groups is 1. The first-order valence-corrected chi connectivity index (χ1v) is 16.4. The number of thioether (sulfide) groups is 1. The van der Waals surface area contributed by atoms with Gasteiger partial charge in [-0.05, 0) is 94.1 Å². The lowest BCUT2D eigenvalue weighted by Gasteiger charge is -2.37. The Bertz CT molecular complexity index is 1450. The fourth-order valence-electron chi connectivity index (χ4n) is 6.25. The Labute approximate surface area is 269 Å². The van der Waals surface area contributed by atoms with Gasteiger partial charge in [0.25, 0.3) is 5.91 Å². The lowest BCUT2D eigenvalue weighted by atomic mass is 9.81. The van der Waals surface area contributed by atoms with E-state index < -0.39 is 11.1 Å². The van der Waals surface area contributed by atoms with Crippen LogP contribution in [0.5, 0.6) is 0 Å². The van der Waals surface area contributed by atoms with Crippen LogP contribution < -0.4 is 0 Å². The number of halogens is 2. The molecule has 0 unspecified atom stereocenters. The van der Waals surface area contributed by atoms with Gasteiger partial charge in [-0.1, -0.05) is 61.3 Å². The van der Waals surface area contributed by atoms with Gasteiger partial charge in [0, 0.05) is 35.4 Å². The number of hydrogen-bond acceptors (Lipinski definition) is 6. The van der Waals surface area contributed by atoms with Crippen molar-refractivity contribution in [1.29, 1.82) is 0 Å². The fourth-order valence-corrected chi connectivity index (χ4v) is 7.87. The Morgan fingerprint density at radius 2 is 1.70 bits per heavy atom. The van der Waals surface area contributed by atoms with E-state index in [1.54, 1.807) is 4.90 Å². The van der Waals surface area contributed by atoms with Crippen molar-refractivity contribution in [3.05, 3.63) is 80.3 Å². The lowest BCUT2D eigenvalue weighted by Crippen LogP contribution is -2.44. The molecule has 0 aliphatic carbocycles. The topological polar surface area (TPSA) is 65.5 Å². The molecule has 3 aliphatic heterocycles. The van der Waals surface area contributed by atoms with Crippen LogP contribution >= 0.6 is 35.0 Å². The molecule has 0 aromatic heterocycles. The van der Waals surface area contributed by atoms with Gasteiger partial charge in [0.2, 0.25) is 0 Å². The number of allylic oxidation sites excluding steroid dienone is 1. The highest BCUT2D eigenvalue weighted by Gasteiger charge is 2.53. The van der Waals surface area contributed by atoms with E-state index in [1.807, 2.05) is 81.1 Å². The smallest absolute Gasteiger partial charge is 0.410 e. The minimum absolute atomic E-state index is 0.0209. The quantitative estimate of drug-likeness (QED) is 0.319. The Balaban J connectivity index is 1.50. The molecule has 3 atom stereocenters. The number of amidine groups is 1. The van der Waals surface area contributed by atoms with Gasteiger partial charge >= 0.3 is 6.09 Å². The van der Waals surface area contributed by atoms with Crippen molar-refractivity contribution in [2.75, 3.05) is 19.6 Å². The predicted molar refractivity (Wildman–Crippen MR) is 175 cm³/mol. The summed E-state index contributed by atoms with van der Waals surface area (Å²) < 4.78 is 5.60. The largest absolute Gasteiger partial charge is 0.444 e. The minimum atomic E-state index is -0.626. The molecule has 7 nitrogen and oxygen atoms in total. The van der Waals surface area contributed by atoms with Gasteiger partial charge in [-0.15, -0.1) is 0 Å². The first-order chi connectivity index (χ1) is 20.2. The summed E-state index contributed by atoms with van der Waals surface area (Å²) in [6.07, 6.45) is 0.374. The second-order valence-corrected chi connectivity index (χ2v) is 14.7. The Morgan fingerprint density at radius 3 is 2.26 bits per heavy atom. The summed E-state index contributed by atoms with van der Waals surface area (Å²) in [5, 5.41) is 2.14. The number of carbonyl (C=O) groups excluding carboxylic acids is 2. The number of amides is 2. The zero-order valence-corrected chi connectivity index (χ0v) is 28.2. The van der Waals surface area contributed by atoms with Crippen LogP contribution in [-0.4, -0.2) is 63.1 Å². The molecule has 3 aliphatic rings. The molecule has 0 N–H and O–H groups in total. The van der Waals surface area contributed by atoms with Crippen LogP contribution in [0.3, 0.4) is 0 Å². The fraction of sp³-hybridized carbons (Fsp3) is 0.485. The molecule has 2 amide bonds. The van der Waals surface area contributed by atoms with Crippen molar-refractivity contribution < 1.29 is 14.3 Å². The number of nitrogens with zero attached hydrogens (tertiary/aromatic N) is 4. The molecule has 1 saturated heterocycles. The summed E-state index contributed by atoms with van der Waals surface area (Å²) in [5.74, 6) is 0.0365. The molecular formula is C33H40Cl2N4O3S. The maximum atomic E-state index is 14.4. The summed E-state index contributed by atoms with van der Waals surface area (Å²) in [4.78, 5) is 39.0. The third kappa shape index (κ3) is 6.16. The summed E-state index contributed by atoms with van der Waals surface area (Å²) >= 11 is 14.0. The number of benzene rings is 2. The monoisotopic (exact) mass is 642 g/mol. The average Bonchev–Trinajstić information content (AvgIpc) is 3.62. The molecule has 5 rings (SSSR count). The van der Waals surface area contributed by atoms with Crippen molar-refractivity contribution >= 4 is 52.1 Å². The minimum Gasteiger partial charge on any atom is -0.444 e. The normalized spacial score (nSPS) is 23.6. The van der Waals surface area contributed by atoms with E-state index in [9.17, 15) is 9.59 Å². The Morgan fingerprint density at radius 1 is 1.09 bits per heavy atom. The van der Waals surface area contributed by atoms with E-state index in [2.05, 4.69) is 25.7 Å². The molecule has 43 heavy (non-hydrogen) atoms. The van der Waals surface area contributed by atoms with E-state index in [-0.39, 0.29) is 30.0 Å². The molecular weight excluding hydrogens is 603 g/mol. The van der Waals surface area contributed by atoms with E-state index in [0.29, 0.717) is 41.0 Å². The maximum absolute atomic E-state index is 14.4. The second-order valence-electron chi connectivity index (χ2n) is 12.8. The highest BCUT2D eigenvalue weighted by Crippen LogP contribution is 2.56. The third-order valence-corrected chi connectivity index (χ3v) is 9.79. The van der Waals surface area contributed by atoms with Crippen molar-refractivity contribution in [3.63, 3.8) is 0 Å². The van der Waals surface area contributed by atoms with Gasteiger partial charge in [-0.25, -0.2) is 9.79 Å². The van der Waals surface area contributed by atoms with Crippen LogP contribution in [0.2, 0.25) is 10.0 Å². The molecule has 3 heterocycles. The number of likely N-dealkylation sites (N-methyl/N-ethyl adjacent to an activating group) is 1. The van der Waals surface area contributed by atoms with Gasteiger partial charge in [0.1, 0.15) is 16.0 Å². The first-order valence-electron chi connectivity index (χ1n) is 14.8. The highest BCUT2D eigenvalue weighted by atomic mass is 35.5. The zero-order valence-electron chi connectivity index (χ0n) is 25.9. The number of likely N-dealkylation sites (tertiary alicyclic amines) is 1. The van der Waals surface area contributed by atoms with Crippen molar-refractivity contribution in [3.8, 4) is 0 Å². The van der Waals surface area contributed by atoms with E-state index in [0.717, 1.165) is 22.0 Å². The van der Waals surface area contributed by atoms with Crippen LogP contribution in [0.1, 0.15) is 72.1 Å². The van der Waals surface area contributed by atoms with Gasteiger partial charge in [-0.3, -0.25) is 4.79 Å². The van der Waals surface area contributed by atoms with Crippen LogP contribution in [0.4, 0.5) is 4.79 Å². The average molecular weight is 644 g/mol. The van der Waals surface area contributed by atoms with Crippen LogP contribution in [0.15, 0.2) is 64.1 Å². The van der Waals surface area contributed by atoms with Gasteiger partial charge in [0.15, 0.2) is 5.17 Å². The molecule has 2 aromatic carbocycles. The summed E-state index contributed by atoms with van der Waals surface area (Å²) in [6.45, 7) is 15.5. The number of hydrogen-bond donors (Lipinski definition) is 0.